The van der Waals surface area contributed by atoms with Crippen LogP contribution in [0.1, 0.15) is 39.0 Å². The van der Waals surface area contributed by atoms with Crippen LogP contribution in [0.2, 0.25) is 0 Å². The molecule has 2 fully saturated rings. The fraction of sp³-hybridized carbons (Fsp3) is 0.933. The zero-order chi connectivity index (χ0) is 16.2. The Kier molecular flexibility index (Phi) is 6.09. The van der Waals surface area contributed by atoms with Gasteiger partial charge in [0.05, 0.1) is 5.75 Å². The minimum absolute atomic E-state index is 0.0109. The number of urea groups is 1. The van der Waals surface area contributed by atoms with Crippen molar-refractivity contribution in [1.82, 2.24) is 15.1 Å². The number of likely N-dealkylation sites (tertiary alicyclic amines) is 2. The smallest absolute Gasteiger partial charge is 0.317 e. The fourth-order valence-electron chi connectivity index (χ4n) is 3.52. The van der Waals surface area contributed by atoms with Crippen molar-refractivity contribution in [3.63, 3.8) is 0 Å². The number of nitrogens with one attached hydrogen (secondary N) is 1. The zero-order valence-corrected chi connectivity index (χ0v) is 14.6. The molecule has 2 aliphatic rings. The minimum atomic E-state index is -3.06. The highest BCUT2D eigenvalue weighted by Crippen LogP contribution is 2.20. The zero-order valence-electron chi connectivity index (χ0n) is 13.8. The van der Waals surface area contributed by atoms with Gasteiger partial charge in [0, 0.05) is 31.4 Å². The van der Waals surface area contributed by atoms with E-state index in [4.69, 9.17) is 0 Å². The van der Waals surface area contributed by atoms with E-state index in [-0.39, 0.29) is 17.8 Å². The Hall–Kier alpha value is -0.820. The normalized spacial score (nSPS) is 23.3. The second kappa shape index (κ2) is 7.64. The maximum Gasteiger partial charge on any atom is 0.317 e. The molecule has 128 valence electrons. The van der Waals surface area contributed by atoms with Crippen LogP contribution in [0.15, 0.2) is 0 Å². The van der Waals surface area contributed by atoms with E-state index in [0.29, 0.717) is 6.04 Å². The van der Waals surface area contributed by atoms with E-state index in [1.807, 2.05) is 4.90 Å². The van der Waals surface area contributed by atoms with Crippen LogP contribution in [-0.4, -0.2) is 74.5 Å². The molecular formula is C15H29N3O3S. The maximum atomic E-state index is 12.2. The van der Waals surface area contributed by atoms with Crippen LogP contribution in [0.3, 0.4) is 0 Å². The first-order chi connectivity index (χ1) is 10.3. The molecule has 0 bridgehead atoms. The number of amides is 2. The lowest BCUT2D eigenvalue weighted by Gasteiger charge is -2.40. The van der Waals surface area contributed by atoms with Gasteiger partial charge in [-0.25, -0.2) is 13.2 Å². The molecule has 22 heavy (non-hydrogen) atoms. The number of rotatable bonds is 4. The summed E-state index contributed by atoms with van der Waals surface area (Å²) < 4.78 is 22.5. The molecule has 1 atom stereocenters. The van der Waals surface area contributed by atoms with Crippen LogP contribution < -0.4 is 5.32 Å². The van der Waals surface area contributed by atoms with Gasteiger partial charge in [-0.15, -0.1) is 0 Å². The van der Waals surface area contributed by atoms with Crippen LogP contribution >= 0.6 is 0 Å². The van der Waals surface area contributed by atoms with E-state index in [9.17, 15) is 13.2 Å². The molecule has 0 spiro atoms. The summed E-state index contributed by atoms with van der Waals surface area (Å²) in [5.41, 5.74) is 0. The Morgan fingerprint density at radius 1 is 1.14 bits per heavy atom. The summed E-state index contributed by atoms with van der Waals surface area (Å²) >= 11 is 0. The van der Waals surface area contributed by atoms with Crippen molar-refractivity contribution in [2.75, 3.05) is 38.2 Å². The van der Waals surface area contributed by atoms with Gasteiger partial charge in [0.1, 0.15) is 9.84 Å². The lowest BCUT2D eigenvalue weighted by atomic mass is 10.00. The third kappa shape index (κ3) is 5.43. The Balaban J connectivity index is 1.74. The lowest BCUT2D eigenvalue weighted by Crippen LogP contribution is -2.52. The number of carbonyl (C=O) groups is 1. The number of sulfone groups is 1. The fourth-order valence-corrected chi connectivity index (χ4v) is 4.51. The first kappa shape index (κ1) is 17.5. The summed E-state index contributed by atoms with van der Waals surface area (Å²) in [6.45, 7) is 5.65. The van der Waals surface area contributed by atoms with E-state index in [1.165, 1.54) is 38.6 Å². The van der Waals surface area contributed by atoms with Crippen molar-refractivity contribution < 1.29 is 13.2 Å². The lowest BCUT2D eigenvalue weighted by molar-refractivity contribution is 0.101. The Bertz CT molecular complexity index is 466. The van der Waals surface area contributed by atoms with E-state index in [0.717, 1.165) is 25.9 Å². The minimum Gasteiger partial charge on any atom is -0.335 e. The standard InChI is InChI=1S/C15H29N3O3S/c1-13(12-22(2,20)21)16-15(19)18-10-6-14(7-11-18)17-8-4-3-5-9-17/h13-14H,3-12H2,1-2H3,(H,16,19). The predicted molar refractivity (Wildman–Crippen MR) is 87.7 cm³/mol. The molecule has 7 heteroatoms. The SMILES string of the molecule is CC(CS(C)(=O)=O)NC(=O)N1CCC(N2CCCCC2)CC1. The number of hydrogen-bond acceptors (Lipinski definition) is 4. The molecule has 2 saturated heterocycles. The van der Waals surface area contributed by atoms with Gasteiger partial charge in [-0.2, -0.15) is 0 Å². The van der Waals surface area contributed by atoms with E-state index >= 15 is 0 Å². The largest absolute Gasteiger partial charge is 0.335 e. The summed E-state index contributed by atoms with van der Waals surface area (Å²) in [5.74, 6) is -0.0109. The molecule has 1 unspecified atom stereocenters. The second-order valence-electron chi connectivity index (χ2n) is 6.76. The van der Waals surface area contributed by atoms with Gasteiger partial charge in [0.15, 0.2) is 0 Å². The quantitative estimate of drug-likeness (QED) is 0.837. The van der Waals surface area contributed by atoms with Crippen molar-refractivity contribution in [1.29, 1.82) is 0 Å². The third-order valence-corrected chi connectivity index (χ3v) is 5.69. The monoisotopic (exact) mass is 331 g/mol. The van der Waals surface area contributed by atoms with Crippen molar-refractivity contribution in [3.05, 3.63) is 0 Å². The van der Waals surface area contributed by atoms with Gasteiger partial charge in [-0.1, -0.05) is 6.42 Å². The van der Waals surface area contributed by atoms with E-state index in [2.05, 4.69) is 10.2 Å². The molecule has 2 heterocycles. The molecule has 0 radical (unpaired) electrons. The van der Waals surface area contributed by atoms with Crippen LogP contribution in [-0.2, 0) is 9.84 Å². The Morgan fingerprint density at radius 3 is 2.27 bits per heavy atom. The molecule has 0 aromatic heterocycles. The van der Waals surface area contributed by atoms with Crippen LogP contribution in [0.5, 0.6) is 0 Å². The third-order valence-electron chi connectivity index (χ3n) is 4.58. The van der Waals surface area contributed by atoms with E-state index in [1.54, 1.807) is 6.92 Å². The number of piperidine rings is 2. The number of hydrogen-bond donors (Lipinski definition) is 1. The topological polar surface area (TPSA) is 69.7 Å². The summed E-state index contributed by atoms with van der Waals surface area (Å²) in [4.78, 5) is 16.6. The molecule has 6 nitrogen and oxygen atoms in total. The number of carbonyl (C=O) groups excluding carboxylic acids is 1. The molecule has 0 aromatic carbocycles. The molecular weight excluding hydrogens is 302 g/mol. The van der Waals surface area contributed by atoms with Gasteiger partial charge < -0.3 is 15.1 Å². The second-order valence-corrected chi connectivity index (χ2v) is 8.94. The molecule has 2 aliphatic heterocycles. The first-order valence-corrected chi connectivity index (χ1v) is 10.4. The Labute approximate surface area is 134 Å². The Morgan fingerprint density at radius 2 is 1.73 bits per heavy atom. The van der Waals surface area contributed by atoms with Gasteiger partial charge in [-0.3, -0.25) is 0 Å². The average Bonchev–Trinajstić information content (AvgIpc) is 2.46. The highest BCUT2D eigenvalue weighted by Gasteiger charge is 2.28. The van der Waals surface area contributed by atoms with Crippen molar-refractivity contribution in [2.45, 2.75) is 51.1 Å². The summed E-state index contributed by atoms with van der Waals surface area (Å²) in [7, 11) is -3.06. The molecule has 2 rings (SSSR count). The molecule has 0 saturated carbocycles. The van der Waals surface area contributed by atoms with Crippen LogP contribution in [0.4, 0.5) is 4.79 Å². The molecule has 1 N–H and O–H groups in total. The van der Waals surface area contributed by atoms with Gasteiger partial charge in [-0.05, 0) is 45.7 Å². The summed E-state index contributed by atoms with van der Waals surface area (Å²) in [6, 6.07) is 0.133. The van der Waals surface area contributed by atoms with Gasteiger partial charge in [0.2, 0.25) is 0 Å². The van der Waals surface area contributed by atoms with Crippen LogP contribution in [0.25, 0.3) is 0 Å². The highest BCUT2D eigenvalue weighted by molar-refractivity contribution is 7.90. The average molecular weight is 331 g/mol. The van der Waals surface area contributed by atoms with Crippen LogP contribution in [0, 0.1) is 0 Å². The predicted octanol–water partition coefficient (Wildman–Crippen LogP) is 1.08. The van der Waals surface area contributed by atoms with Crippen molar-refractivity contribution in [3.8, 4) is 0 Å². The number of nitrogens with zero attached hydrogens (tertiary/aromatic N) is 2. The summed E-state index contributed by atoms with van der Waals surface area (Å²) in [6.07, 6.45) is 7.17. The molecule has 2 amide bonds. The van der Waals surface area contributed by atoms with Gasteiger partial charge >= 0.3 is 6.03 Å². The maximum absolute atomic E-state index is 12.2. The van der Waals surface area contributed by atoms with Crippen molar-refractivity contribution >= 4 is 15.9 Å². The molecule has 0 aliphatic carbocycles. The van der Waals surface area contributed by atoms with Crippen molar-refractivity contribution in [2.24, 2.45) is 0 Å². The first-order valence-electron chi connectivity index (χ1n) is 8.32. The van der Waals surface area contributed by atoms with E-state index < -0.39 is 9.84 Å². The highest BCUT2D eigenvalue weighted by atomic mass is 32.2. The summed E-state index contributed by atoms with van der Waals surface area (Å²) in [5, 5.41) is 2.79. The van der Waals surface area contributed by atoms with Gasteiger partial charge in [0.25, 0.3) is 0 Å². The molecule has 0 aromatic rings.